The van der Waals surface area contributed by atoms with E-state index < -0.39 is 10.0 Å². The minimum atomic E-state index is -3.48. The Bertz CT molecular complexity index is 798. The molecule has 1 saturated heterocycles. The van der Waals surface area contributed by atoms with Gasteiger partial charge in [0.15, 0.2) is 5.11 Å². The number of hydrogen-bond acceptors (Lipinski definition) is 5. The lowest BCUT2D eigenvalue weighted by atomic mass is 10.3. The van der Waals surface area contributed by atoms with Crippen LogP contribution >= 0.6 is 12.2 Å². The van der Waals surface area contributed by atoms with Crippen LogP contribution in [0.25, 0.3) is 0 Å². The molecule has 9 heteroatoms. The van der Waals surface area contributed by atoms with Gasteiger partial charge < -0.3 is 19.8 Å². The van der Waals surface area contributed by atoms with Crippen LogP contribution in [0.4, 0.5) is 5.69 Å². The van der Waals surface area contributed by atoms with Crippen LogP contribution in [0.15, 0.2) is 52.0 Å². The summed E-state index contributed by atoms with van der Waals surface area (Å²) in [6.45, 7) is 2.08. The minimum Gasteiger partial charge on any atom is -0.467 e. The maximum Gasteiger partial charge on any atom is 0.243 e. The third-order valence-electron chi connectivity index (χ3n) is 3.72. The number of anilines is 1. The zero-order valence-electron chi connectivity index (χ0n) is 13.5. The summed E-state index contributed by atoms with van der Waals surface area (Å²) >= 11 is 5.21. The quantitative estimate of drug-likeness (QED) is 0.764. The molecule has 3 rings (SSSR count). The normalized spacial score (nSPS) is 15.7. The Kier molecular flexibility index (Phi) is 5.69. The first kappa shape index (κ1) is 17.9. The maximum atomic E-state index is 12.6. The number of morpholine rings is 1. The van der Waals surface area contributed by atoms with E-state index in [2.05, 4.69) is 10.6 Å². The van der Waals surface area contributed by atoms with Gasteiger partial charge in [0, 0.05) is 18.8 Å². The molecule has 1 aromatic heterocycles. The molecular weight excluding hydrogens is 362 g/mol. The molecule has 0 atom stereocenters. The topological polar surface area (TPSA) is 83.8 Å². The van der Waals surface area contributed by atoms with Crippen molar-refractivity contribution in [2.24, 2.45) is 0 Å². The fourth-order valence-electron chi connectivity index (χ4n) is 2.40. The Morgan fingerprint density at radius 3 is 2.52 bits per heavy atom. The van der Waals surface area contributed by atoms with E-state index in [0.29, 0.717) is 43.6 Å². The number of thiocarbonyl (C=S) groups is 1. The zero-order chi connectivity index (χ0) is 17.7. The maximum absolute atomic E-state index is 12.6. The molecular formula is C16H19N3O4S2. The molecule has 0 amide bonds. The van der Waals surface area contributed by atoms with Gasteiger partial charge in [-0.3, -0.25) is 0 Å². The second-order valence-electron chi connectivity index (χ2n) is 5.43. The first-order chi connectivity index (χ1) is 12.1. The third-order valence-corrected chi connectivity index (χ3v) is 5.88. The Morgan fingerprint density at radius 1 is 1.16 bits per heavy atom. The first-order valence-corrected chi connectivity index (χ1v) is 9.66. The molecule has 0 radical (unpaired) electrons. The third kappa shape index (κ3) is 4.57. The van der Waals surface area contributed by atoms with Gasteiger partial charge in [-0.15, -0.1) is 0 Å². The zero-order valence-corrected chi connectivity index (χ0v) is 15.1. The molecule has 2 heterocycles. The van der Waals surface area contributed by atoms with E-state index in [1.54, 1.807) is 36.6 Å². The van der Waals surface area contributed by atoms with E-state index in [9.17, 15) is 8.42 Å². The first-order valence-electron chi connectivity index (χ1n) is 7.81. The van der Waals surface area contributed by atoms with Gasteiger partial charge >= 0.3 is 0 Å². The molecule has 2 aromatic rings. The van der Waals surface area contributed by atoms with Crippen LogP contribution < -0.4 is 10.6 Å². The summed E-state index contributed by atoms with van der Waals surface area (Å²) in [6.07, 6.45) is 1.60. The predicted molar refractivity (Wildman–Crippen MR) is 97.8 cm³/mol. The fourth-order valence-corrected chi connectivity index (χ4v) is 4.00. The minimum absolute atomic E-state index is 0.259. The van der Waals surface area contributed by atoms with Crippen LogP contribution in [0.2, 0.25) is 0 Å². The molecule has 1 aliphatic rings. The Morgan fingerprint density at radius 2 is 1.88 bits per heavy atom. The smallest absolute Gasteiger partial charge is 0.243 e. The van der Waals surface area contributed by atoms with Crippen molar-refractivity contribution in [1.82, 2.24) is 9.62 Å². The summed E-state index contributed by atoms with van der Waals surface area (Å²) in [4.78, 5) is 0.259. The molecule has 1 fully saturated rings. The summed E-state index contributed by atoms with van der Waals surface area (Å²) in [5, 5.41) is 6.46. The number of rotatable bonds is 5. The molecule has 134 valence electrons. The summed E-state index contributed by atoms with van der Waals surface area (Å²) in [6, 6.07) is 10.2. The molecule has 0 aliphatic carbocycles. The molecule has 0 bridgehead atoms. The van der Waals surface area contributed by atoms with Crippen LogP contribution in [0.5, 0.6) is 0 Å². The van der Waals surface area contributed by atoms with Gasteiger partial charge in [0.1, 0.15) is 5.76 Å². The van der Waals surface area contributed by atoms with Crippen molar-refractivity contribution in [2.45, 2.75) is 11.4 Å². The van der Waals surface area contributed by atoms with Crippen molar-refractivity contribution in [1.29, 1.82) is 0 Å². The standard InChI is InChI=1S/C16H19N3O4S2/c20-25(21,19-7-10-22-11-8-19)15-5-3-13(4-6-15)18-16(24)17-12-14-2-1-9-23-14/h1-6,9H,7-8,10-12H2,(H2,17,18,24). The lowest BCUT2D eigenvalue weighted by molar-refractivity contribution is 0.0730. The highest BCUT2D eigenvalue weighted by Gasteiger charge is 2.26. The SMILES string of the molecule is O=S(=O)(c1ccc(NC(=S)NCc2ccco2)cc1)N1CCOCC1. The second kappa shape index (κ2) is 7.96. The van der Waals surface area contributed by atoms with Crippen molar-refractivity contribution in [3.05, 3.63) is 48.4 Å². The number of nitrogens with zero attached hydrogens (tertiary/aromatic N) is 1. The molecule has 0 saturated carbocycles. The highest BCUT2D eigenvalue weighted by Crippen LogP contribution is 2.19. The fraction of sp³-hybridized carbons (Fsp3) is 0.312. The molecule has 1 aromatic carbocycles. The monoisotopic (exact) mass is 381 g/mol. The number of hydrogen-bond donors (Lipinski definition) is 2. The number of sulfonamides is 1. The van der Waals surface area contributed by atoms with Gasteiger partial charge in [-0.25, -0.2) is 8.42 Å². The van der Waals surface area contributed by atoms with E-state index in [0.717, 1.165) is 5.76 Å². The van der Waals surface area contributed by atoms with Crippen LogP contribution in [0.1, 0.15) is 5.76 Å². The molecule has 0 spiro atoms. The van der Waals surface area contributed by atoms with Crippen LogP contribution in [0, 0.1) is 0 Å². The summed E-state index contributed by atoms with van der Waals surface area (Å²) in [5.74, 6) is 0.774. The summed E-state index contributed by atoms with van der Waals surface area (Å²) in [5.41, 5.74) is 0.706. The van der Waals surface area contributed by atoms with Crippen molar-refractivity contribution >= 4 is 33.0 Å². The summed E-state index contributed by atoms with van der Waals surface area (Å²) < 4.78 is 37.0. The molecule has 0 unspecified atom stereocenters. The van der Waals surface area contributed by atoms with Gasteiger partial charge in [0.25, 0.3) is 0 Å². The average Bonchev–Trinajstić information content (AvgIpc) is 3.15. The number of benzene rings is 1. The number of nitrogens with one attached hydrogen (secondary N) is 2. The Hall–Kier alpha value is -1.94. The average molecular weight is 381 g/mol. The van der Waals surface area contributed by atoms with E-state index in [-0.39, 0.29) is 4.90 Å². The van der Waals surface area contributed by atoms with E-state index in [4.69, 9.17) is 21.4 Å². The van der Waals surface area contributed by atoms with Crippen LogP contribution in [0.3, 0.4) is 0 Å². The second-order valence-corrected chi connectivity index (χ2v) is 7.77. The van der Waals surface area contributed by atoms with Gasteiger partial charge in [0.05, 0.1) is 30.9 Å². The Labute approximate surface area is 152 Å². The van der Waals surface area contributed by atoms with Crippen LogP contribution in [-0.4, -0.2) is 44.1 Å². The predicted octanol–water partition coefficient (Wildman–Crippen LogP) is 1.79. The molecule has 2 N–H and O–H groups in total. The van der Waals surface area contributed by atoms with Crippen molar-refractivity contribution < 1.29 is 17.6 Å². The van der Waals surface area contributed by atoms with Gasteiger partial charge in [-0.2, -0.15) is 4.31 Å². The highest BCUT2D eigenvalue weighted by atomic mass is 32.2. The van der Waals surface area contributed by atoms with Crippen molar-refractivity contribution in [3.8, 4) is 0 Å². The number of ether oxygens (including phenoxy) is 1. The largest absolute Gasteiger partial charge is 0.467 e. The highest BCUT2D eigenvalue weighted by molar-refractivity contribution is 7.89. The lowest BCUT2D eigenvalue weighted by Crippen LogP contribution is -2.40. The molecule has 7 nitrogen and oxygen atoms in total. The van der Waals surface area contributed by atoms with Crippen molar-refractivity contribution in [3.63, 3.8) is 0 Å². The van der Waals surface area contributed by atoms with Crippen LogP contribution in [-0.2, 0) is 21.3 Å². The van der Waals surface area contributed by atoms with Crippen molar-refractivity contribution in [2.75, 3.05) is 31.6 Å². The molecule has 25 heavy (non-hydrogen) atoms. The molecule has 1 aliphatic heterocycles. The Balaban J connectivity index is 1.58. The van der Waals surface area contributed by atoms with Gasteiger partial charge in [0.2, 0.25) is 10.0 Å². The van der Waals surface area contributed by atoms with Gasteiger partial charge in [-0.1, -0.05) is 0 Å². The van der Waals surface area contributed by atoms with E-state index >= 15 is 0 Å². The summed E-state index contributed by atoms with van der Waals surface area (Å²) in [7, 11) is -3.48. The lowest BCUT2D eigenvalue weighted by Gasteiger charge is -2.26. The number of furan rings is 1. The van der Waals surface area contributed by atoms with E-state index in [1.807, 2.05) is 6.07 Å². The van der Waals surface area contributed by atoms with E-state index in [1.165, 1.54) is 4.31 Å². The van der Waals surface area contributed by atoms with Gasteiger partial charge in [-0.05, 0) is 48.6 Å².